The SMILES string of the molecule is CC(SCc1ccccc1)C(=O)n1c2ccccc2c2ccccc21. The minimum atomic E-state index is -0.112. The summed E-state index contributed by atoms with van der Waals surface area (Å²) in [5, 5.41) is 2.15. The van der Waals surface area contributed by atoms with Gasteiger partial charge in [-0.3, -0.25) is 9.36 Å². The Morgan fingerprint density at radius 1 is 0.840 bits per heavy atom. The predicted octanol–water partition coefficient (Wildman–Crippen LogP) is 5.76. The van der Waals surface area contributed by atoms with E-state index >= 15 is 0 Å². The first-order chi connectivity index (χ1) is 12.3. The average Bonchev–Trinajstić information content (AvgIpc) is 3.01. The second-order valence-electron chi connectivity index (χ2n) is 6.15. The molecule has 0 fully saturated rings. The topological polar surface area (TPSA) is 22.0 Å². The highest BCUT2D eigenvalue weighted by Gasteiger charge is 2.20. The van der Waals surface area contributed by atoms with Crippen LogP contribution >= 0.6 is 11.8 Å². The van der Waals surface area contributed by atoms with Gasteiger partial charge in [0.2, 0.25) is 5.91 Å². The maximum Gasteiger partial charge on any atom is 0.244 e. The van der Waals surface area contributed by atoms with Gasteiger partial charge < -0.3 is 0 Å². The summed E-state index contributed by atoms with van der Waals surface area (Å²) in [7, 11) is 0. The van der Waals surface area contributed by atoms with Gasteiger partial charge in [-0.2, -0.15) is 0 Å². The lowest BCUT2D eigenvalue weighted by Crippen LogP contribution is -2.21. The molecule has 0 amide bonds. The van der Waals surface area contributed by atoms with Gasteiger partial charge >= 0.3 is 0 Å². The first-order valence-corrected chi connectivity index (χ1v) is 9.48. The number of para-hydroxylation sites is 2. The van der Waals surface area contributed by atoms with Crippen LogP contribution in [0.25, 0.3) is 21.8 Å². The Balaban J connectivity index is 1.69. The fourth-order valence-electron chi connectivity index (χ4n) is 3.21. The average molecular weight is 345 g/mol. The van der Waals surface area contributed by atoms with Crippen LogP contribution in [0.4, 0.5) is 0 Å². The van der Waals surface area contributed by atoms with E-state index in [4.69, 9.17) is 0 Å². The van der Waals surface area contributed by atoms with Gasteiger partial charge in [-0.15, -0.1) is 11.8 Å². The van der Waals surface area contributed by atoms with Crippen LogP contribution < -0.4 is 0 Å². The summed E-state index contributed by atoms with van der Waals surface area (Å²) in [6, 6.07) is 26.6. The summed E-state index contributed by atoms with van der Waals surface area (Å²) in [5.74, 6) is 0.976. The molecule has 1 atom stereocenters. The molecule has 0 spiro atoms. The van der Waals surface area contributed by atoms with Crippen molar-refractivity contribution < 1.29 is 4.79 Å². The first kappa shape index (κ1) is 16.0. The van der Waals surface area contributed by atoms with E-state index < -0.39 is 0 Å². The Morgan fingerprint density at radius 3 is 1.96 bits per heavy atom. The fourth-order valence-corrected chi connectivity index (χ4v) is 4.09. The minimum Gasteiger partial charge on any atom is -0.279 e. The third kappa shape index (κ3) is 2.96. The van der Waals surface area contributed by atoms with Crippen molar-refractivity contribution in [2.75, 3.05) is 0 Å². The zero-order valence-corrected chi connectivity index (χ0v) is 14.9. The van der Waals surface area contributed by atoms with E-state index in [1.807, 2.05) is 66.1 Å². The van der Waals surface area contributed by atoms with E-state index in [-0.39, 0.29) is 11.2 Å². The van der Waals surface area contributed by atoms with E-state index in [1.54, 1.807) is 11.8 Å². The monoisotopic (exact) mass is 345 g/mol. The molecule has 1 aromatic heterocycles. The predicted molar refractivity (Wildman–Crippen MR) is 107 cm³/mol. The molecule has 3 heteroatoms. The van der Waals surface area contributed by atoms with Crippen molar-refractivity contribution in [3.63, 3.8) is 0 Å². The number of aromatic nitrogens is 1. The van der Waals surface area contributed by atoms with Gasteiger partial charge in [-0.1, -0.05) is 66.7 Å². The normalized spacial score (nSPS) is 12.5. The summed E-state index contributed by atoms with van der Waals surface area (Å²) < 4.78 is 1.88. The van der Waals surface area contributed by atoms with Crippen LogP contribution in [0.3, 0.4) is 0 Å². The van der Waals surface area contributed by atoms with Crippen molar-refractivity contribution in [1.29, 1.82) is 0 Å². The Labute approximate surface area is 151 Å². The molecule has 0 saturated carbocycles. The summed E-state index contributed by atoms with van der Waals surface area (Å²) in [5.41, 5.74) is 3.22. The highest BCUT2D eigenvalue weighted by atomic mass is 32.2. The molecule has 2 nitrogen and oxygen atoms in total. The molecule has 0 saturated heterocycles. The summed E-state index contributed by atoms with van der Waals surface area (Å²) in [6.45, 7) is 2.00. The highest BCUT2D eigenvalue weighted by Crippen LogP contribution is 2.30. The lowest BCUT2D eigenvalue weighted by atomic mass is 10.2. The van der Waals surface area contributed by atoms with Gasteiger partial charge in [-0.25, -0.2) is 0 Å². The van der Waals surface area contributed by atoms with Crippen LogP contribution in [-0.4, -0.2) is 15.7 Å². The van der Waals surface area contributed by atoms with E-state index in [1.165, 1.54) is 5.56 Å². The second kappa shape index (κ2) is 6.77. The van der Waals surface area contributed by atoms with Crippen molar-refractivity contribution in [2.24, 2.45) is 0 Å². The molecule has 4 rings (SSSR count). The largest absolute Gasteiger partial charge is 0.279 e. The molecule has 4 aromatic rings. The smallest absolute Gasteiger partial charge is 0.244 e. The molecule has 0 N–H and O–H groups in total. The Bertz CT molecular complexity index is 982. The summed E-state index contributed by atoms with van der Waals surface area (Å²) >= 11 is 1.68. The lowest BCUT2D eigenvalue weighted by Gasteiger charge is -2.13. The van der Waals surface area contributed by atoms with Crippen molar-refractivity contribution >= 4 is 39.5 Å². The number of fused-ring (bicyclic) bond motifs is 3. The second-order valence-corrected chi connectivity index (χ2v) is 7.48. The maximum absolute atomic E-state index is 13.2. The van der Waals surface area contributed by atoms with Gasteiger partial charge in [0.1, 0.15) is 0 Å². The van der Waals surface area contributed by atoms with Gasteiger partial charge in [0.25, 0.3) is 0 Å². The van der Waals surface area contributed by atoms with Crippen molar-refractivity contribution in [3.8, 4) is 0 Å². The van der Waals surface area contributed by atoms with Crippen molar-refractivity contribution in [3.05, 3.63) is 84.4 Å². The van der Waals surface area contributed by atoms with Crippen LogP contribution in [0.1, 0.15) is 17.3 Å². The molecule has 0 bridgehead atoms. The molecular weight excluding hydrogens is 326 g/mol. The molecule has 124 valence electrons. The number of nitrogens with zero attached hydrogens (tertiary/aromatic N) is 1. The van der Waals surface area contributed by atoms with E-state index in [0.717, 1.165) is 27.6 Å². The third-order valence-electron chi connectivity index (χ3n) is 4.49. The number of carbonyl (C=O) groups excluding carboxylic acids is 1. The quantitative estimate of drug-likeness (QED) is 0.469. The first-order valence-electron chi connectivity index (χ1n) is 8.43. The molecule has 0 radical (unpaired) electrons. The van der Waals surface area contributed by atoms with Gasteiger partial charge in [-0.05, 0) is 24.6 Å². The fraction of sp³-hybridized carbons (Fsp3) is 0.136. The van der Waals surface area contributed by atoms with Crippen LogP contribution in [0.2, 0.25) is 0 Å². The summed E-state index contributed by atoms with van der Waals surface area (Å²) in [6.07, 6.45) is 0. The number of carbonyl (C=O) groups is 1. The van der Waals surface area contributed by atoms with Crippen molar-refractivity contribution in [1.82, 2.24) is 4.57 Å². The molecule has 1 unspecified atom stereocenters. The maximum atomic E-state index is 13.2. The lowest BCUT2D eigenvalue weighted by molar-refractivity contribution is 0.0925. The Hall–Kier alpha value is -2.52. The molecule has 1 heterocycles. The minimum absolute atomic E-state index is 0.112. The zero-order chi connectivity index (χ0) is 17.2. The van der Waals surface area contributed by atoms with Crippen LogP contribution in [0, 0.1) is 0 Å². The van der Waals surface area contributed by atoms with E-state index in [2.05, 4.69) is 24.3 Å². The van der Waals surface area contributed by atoms with Crippen LogP contribution in [-0.2, 0) is 5.75 Å². The van der Waals surface area contributed by atoms with Gasteiger partial charge in [0, 0.05) is 16.5 Å². The van der Waals surface area contributed by atoms with E-state index in [0.29, 0.717) is 0 Å². The molecular formula is C22H19NOS. The number of benzene rings is 3. The molecule has 0 aliphatic carbocycles. The Morgan fingerprint density at radius 2 is 1.36 bits per heavy atom. The third-order valence-corrected chi connectivity index (χ3v) is 5.69. The van der Waals surface area contributed by atoms with Gasteiger partial charge in [0.15, 0.2) is 0 Å². The molecule has 3 aromatic carbocycles. The van der Waals surface area contributed by atoms with Crippen LogP contribution in [0.5, 0.6) is 0 Å². The molecule has 0 aliphatic heterocycles. The highest BCUT2D eigenvalue weighted by molar-refractivity contribution is 7.99. The number of thioether (sulfide) groups is 1. The number of hydrogen-bond acceptors (Lipinski definition) is 2. The zero-order valence-electron chi connectivity index (χ0n) is 14.1. The van der Waals surface area contributed by atoms with Crippen LogP contribution in [0.15, 0.2) is 78.9 Å². The van der Waals surface area contributed by atoms with Crippen molar-refractivity contribution in [2.45, 2.75) is 17.9 Å². The van der Waals surface area contributed by atoms with Gasteiger partial charge in [0.05, 0.1) is 16.3 Å². The Kier molecular flexibility index (Phi) is 4.33. The molecule has 25 heavy (non-hydrogen) atoms. The summed E-state index contributed by atoms with van der Waals surface area (Å²) in [4.78, 5) is 13.2. The van der Waals surface area contributed by atoms with E-state index in [9.17, 15) is 4.79 Å². The molecule has 0 aliphatic rings. The number of hydrogen-bond donors (Lipinski definition) is 0. The standard InChI is InChI=1S/C22H19NOS/c1-16(25-15-17-9-3-2-4-10-17)22(24)23-20-13-7-5-11-18(20)19-12-6-8-14-21(19)23/h2-14,16H,15H2,1H3. The number of rotatable bonds is 4.